The Balaban J connectivity index is 2.47. The van der Waals surface area contributed by atoms with Crippen LogP contribution in [0.4, 0.5) is 0 Å². The first-order chi connectivity index (χ1) is 10.1. The lowest BCUT2D eigenvalue weighted by molar-refractivity contribution is -0.128. The van der Waals surface area contributed by atoms with Crippen LogP contribution >= 0.6 is 0 Å². The van der Waals surface area contributed by atoms with Gasteiger partial charge in [0.25, 0.3) is 0 Å². The Morgan fingerprint density at radius 1 is 1.09 bits per heavy atom. The van der Waals surface area contributed by atoms with Crippen LogP contribution in [0.3, 0.4) is 0 Å². The zero-order valence-electron chi connectivity index (χ0n) is 16.0. The Hall–Kier alpha value is -0.420. The van der Waals surface area contributed by atoms with Gasteiger partial charge in [0.2, 0.25) is 10.0 Å². The molecule has 2 aliphatic carbocycles. The van der Waals surface area contributed by atoms with Gasteiger partial charge in [0.05, 0.1) is 5.75 Å². The summed E-state index contributed by atoms with van der Waals surface area (Å²) in [7, 11) is -3.56. The van der Waals surface area contributed by atoms with Crippen LogP contribution in [0.1, 0.15) is 74.7 Å². The van der Waals surface area contributed by atoms with Gasteiger partial charge in [-0.05, 0) is 65.7 Å². The van der Waals surface area contributed by atoms with Crippen molar-refractivity contribution in [2.75, 3.05) is 5.75 Å². The molecule has 2 rings (SSSR count). The first-order valence-electron chi connectivity index (χ1n) is 8.62. The van der Waals surface area contributed by atoms with Crippen molar-refractivity contribution < 1.29 is 13.2 Å². The number of nitrogens with zero attached hydrogens (tertiary/aromatic N) is 1. The first-order valence-corrected chi connectivity index (χ1v) is 10.2. The van der Waals surface area contributed by atoms with Gasteiger partial charge in [-0.3, -0.25) is 4.79 Å². The van der Waals surface area contributed by atoms with E-state index < -0.39 is 26.5 Å². The first kappa shape index (κ1) is 18.9. The van der Waals surface area contributed by atoms with Crippen LogP contribution in [0.5, 0.6) is 0 Å². The summed E-state index contributed by atoms with van der Waals surface area (Å²) in [6, 6.07) is 0. The van der Waals surface area contributed by atoms with Crippen LogP contribution < -0.4 is 0 Å². The van der Waals surface area contributed by atoms with Crippen LogP contribution in [0.15, 0.2) is 0 Å². The highest BCUT2D eigenvalue weighted by Gasteiger charge is 2.66. The number of carbonyl (C=O) groups is 1. The maximum atomic E-state index is 13.4. The number of ketones is 1. The summed E-state index contributed by atoms with van der Waals surface area (Å²) in [5.74, 6) is 0.449. The van der Waals surface area contributed by atoms with E-state index in [0.29, 0.717) is 18.8 Å². The zero-order valence-corrected chi connectivity index (χ0v) is 16.8. The van der Waals surface area contributed by atoms with E-state index in [1.807, 2.05) is 41.5 Å². The fourth-order valence-corrected chi connectivity index (χ4v) is 8.42. The van der Waals surface area contributed by atoms with E-state index in [-0.39, 0.29) is 17.0 Å². The lowest BCUT2D eigenvalue weighted by Crippen LogP contribution is -2.58. The summed E-state index contributed by atoms with van der Waals surface area (Å²) in [6.07, 6.45) is 2.23. The second kappa shape index (κ2) is 5.04. The zero-order chi connectivity index (χ0) is 18.1. The van der Waals surface area contributed by atoms with Crippen LogP contribution in [-0.2, 0) is 14.8 Å². The molecular weight excluding hydrogens is 310 g/mol. The minimum atomic E-state index is -3.56. The molecule has 23 heavy (non-hydrogen) atoms. The molecule has 2 saturated carbocycles. The van der Waals surface area contributed by atoms with Crippen molar-refractivity contribution in [3.05, 3.63) is 0 Å². The Morgan fingerprint density at radius 2 is 1.57 bits per heavy atom. The van der Waals surface area contributed by atoms with Gasteiger partial charge in [0.1, 0.15) is 5.78 Å². The largest absolute Gasteiger partial charge is 0.299 e. The monoisotopic (exact) mass is 343 g/mol. The Labute approximate surface area is 142 Å². The third-order valence-electron chi connectivity index (χ3n) is 6.06. The molecule has 134 valence electrons. The van der Waals surface area contributed by atoms with Crippen LogP contribution in [-0.4, -0.2) is 35.3 Å². The van der Waals surface area contributed by atoms with Crippen molar-refractivity contribution in [3.8, 4) is 0 Å². The van der Waals surface area contributed by atoms with Gasteiger partial charge in [0.15, 0.2) is 0 Å². The van der Waals surface area contributed by atoms with Gasteiger partial charge in [-0.15, -0.1) is 0 Å². The molecule has 0 saturated heterocycles. The normalized spacial score (nSPS) is 31.2. The molecular formula is C18H33NO3S. The number of rotatable bonds is 3. The van der Waals surface area contributed by atoms with E-state index in [2.05, 4.69) is 13.8 Å². The molecule has 0 aliphatic heterocycles. The minimum absolute atomic E-state index is 0.0448. The number of hydrogen-bond donors (Lipinski definition) is 0. The lowest BCUT2D eigenvalue weighted by atomic mass is 9.70. The molecule has 0 spiro atoms. The molecule has 0 radical (unpaired) electrons. The third-order valence-corrected chi connectivity index (χ3v) is 8.57. The third kappa shape index (κ3) is 2.78. The molecule has 0 amide bonds. The highest BCUT2D eigenvalue weighted by Crippen LogP contribution is 2.64. The van der Waals surface area contributed by atoms with Gasteiger partial charge in [-0.2, -0.15) is 4.31 Å². The van der Waals surface area contributed by atoms with Crippen molar-refractivity contribution in [2.24, 2.45) is 16.7 Å². The Morgan fingerprint density at radius 3 is 1.87 bits per heavy atom. The number of sulfonamides is 1. The summed E-state index contributed by atoms with van der Waals surface area (Å²) < 4.78 is 28.3. The van der Waals surface area contributed by atoms with Crippen LogP contribution in [0.25, 0.3) is 0 Å². The van der Waals surface area contributed by atoms with Crippen molar-refractivity contribution in [2.45, 2.75) is 85.7 Å². The van der Waals surface area contributed by atoms with Gasteiger partial charge in [-0.25, -0.2) is 8.42 Å². The van der Waals surface area contributed by atoms with E-state index in [0.717, 1.165) is 6.42 Å². The standard InChI is InChI=1S/C18H33NO3S/c1-15(2,3)19(16(4,5)6)23(21,22)12-18-10-9-13(11-14(18)20)17(18,7)8/h13H,9-12H2,1-8H3/t13-,18+/m0/s1. The van der Waals surface area contributed by atoms with E-state index in [1.165, 1.54) is 0 Å². The number of fused-ring (bicyclic) bond motifs is 2. The molecule has 0 N–H and O–H groups in total. The molecule has 0 aromatic rings. The molecule has 4 nitrogen and oxygen atoms in total. The van der Waals surface area contributed by atoms with Crippen LogP contribution in [0.2, 0.25) is 0 Å². The van der Waals surface area contributed by atoms with Crippen molar-refractivity contribution in [1.82, 2.24) is 4.31 Å². The molecule has 2 fully saturated rings. The average molecular weight is 344 g/mol. The quantitative estimate of drug-likeness (QED) is 0.786. The molecule has 0 unspecified atom stereocenters. The van der Waals surface area contributed by atoms with Crippen molar-refractivity contribution >= 4 is 15.8 Å². The number of Topliss-reactive ketones (excluding diaryl/α,β-unsaturated/α-hetero) is 1. The van der Waals surface area contributed by atoms with Gasteiger partial charge in [-0.1, -0.05) is 13.8 Å². The van der Waals surface area contributed by atoms with E-state index in [9.17, 15) is 13.2 Å². The average Bonchev–Trinajstić information content (AvgIpc) is 2.56. The Kier molecular flexibility index (Phi) is 4.15. The van der Waals surface area contributed by atoms with E-state index >= 15 is 0 Å². The maximum absolute atomic E-state index is 13.4. The molecule has 2 bridgehead atoms. The minimum Gasteiger partial charge on any atom is -0.299 e. The summed E-state index contributed by atoms with van der Waals surface area (Å²) in [6.45, 7) is 15.7. The maximum Gasteiger partial charge on any atom is 0.216 e. The van der Waals surface area contributed by atoms with Gasteiger partial charge < -0.3 is 0 Å². The SMILES string of the molecule is CC(C)(C)N(C(C)(C)C)S(=O)(=O)C[C@]12CC[C@@H](CC1=O)C2(C)C. The van der Waals surface area contributed by atoms with Crippen molar-refractivity contribution in [3.63, 3.8) is 0 Å². The molecule has 2 aliphatic rings. The summed E-state index contributed by atoms with van der Waals surface area (Å²) in [5, 5.41) is 0. The summed E-state index contributed by atoms with van der Waals surface area (Å²) in [5.41, 5.74) is -1.96. The summed E-state index contributed by atoms with van der Waals surface area (Å²) in [4.78, 5) is 12.7. The smallest absolute Gasteiger partial charge is 0.216 e. The predicted molar refractivity (Wildman–Crippen MR) is 93.7 cm³/mol. The van der Waals surface area contributed by atoms with E-state index in [4.69, 9.17) is 0 Å². The molecule has 0 aromatic heterocycles. The second-order valence-corrected chi connectivity index (χ2v) is 11.8. The Bertz CT molecular complexity index is 593. The van der Waals surface area contributed by atoms with Crippen LogP contribution in [0, 0.1) is 16.7 Å². The predicted octanol–water partition coefficient (Wildman–Crippen LogP) is 3.61. The molecule has 0 heterocycles. The van der Waals surface area contributed by atoms with Gasteiger partial charge in [0, 0.05) is 22.9 Å². The molecule has 5 heteroatoms. The fourth-order valence-electron chi connectivity index (χ4n) is 5.32. The number of hydrogen-bond acceptors (Lipinski definition) is 3. The second-order valence-electron chi connectivity index (χ2n) is 10.0. The summed E-state index contributed by atoms with van der Waals surface area (Å²) >= 11 is 0. The molecule has 2 atom stereocenters. The highest BCUT2D eigenvalue weighted by molar-refractivity contribution is 7.89. The lowest BCUT2D eigenvalue weighted by Gasteiger charge is -2.46. The topological polar surface area (TPSA) is 54.5 Å². The van der Waals surface area contributed by atoms with Crippen molar-refractivity contribution in [1.29, 1.82) is 0 Å². The highest BCUT2D eigenvalue weighted by atomic mass is 32.2. The van der Waals surface area contributed by atoms with E-state index in [1.54, 1.807) is 4.31 Å². The fraction of sp³-hybridized carbons (Fsp3) is 0.944. The number of carbonyl (C=O) groups excluding carboxylic acids is 1. The molecule has 0 aromatic carbocycles. The van der Waals surface area contributed by atoms with Gasteiger partial charge >= 0.3 is 0 Å².